The van der Waals surface area contributed by atoms with Gasteiger partial charge in [-0.1, -0.05) is 6.92 Å². The zero-order valence-electron chi connectivity index (χ0n) is 9.89. The molecule has 0 aromatic rings. The molecule has 0 aromatic carbocycles. The summed E-state index contributed by atoms with van der Waals surface area (Å²) < 4.78 is 0. The second-order valence-corrected chi connectivity index (χ2v) is 4.90. The van der Waals surface area contributed by atoms with Crippen LogP contribution in [0, 0.1) is 0 Å². The molecule has 88 valence electrons. The van der Waals surface area contributed by atoms with Crippen molar-refractivity contribution in [2.45, 2.75) is 51.1 Å². The van der Waals surface area contributed by atoms with E-state index in [2.05, 4.69) is 10.6 Å². The molecule has 0 saturated heterocycles. The third kappa shape index (κ3) is 2.69. The highest BCUT2D eigenvalue weighted by molar-refractivity contribution is 5.86. The number of amides is 1. The van der Waals surface area contributed by atoms with Crippen LogP contribution in [0.25, 0.3) is 0 Å². The second-order valence-electron chi connectivity index (χ2n) is 4.90. The van der Waals surface area contributed by atoms with Gasteiger partial charge >= 0.3 is 0 Å². The van der Waals surface area contributed by atoms with Gasteiger partial charge in [0.2, 0.25) is 5.91 Å². The van der Waals surface area contributed by atoms with Crippen LogP contribution in [0.2, 0.25) is 0 Å². The number of hydrogen-bond donors (Lipinski definition) is 3. The summed E-state index contributed by atoms with van der Waals surface area (Å²) in [5, 5.41) is 15.3. The highest BCUT2D eigenvalue weighted by Gasteiger charge is 2.40. The highest BCUT2D eigenvalue weighted by Crippen LogP contribution is 2.31. The van der Waals surface area contributed by atoms with Gasteiger partial charge in [-0.15, -0.1) is 0 Å². The van der Waals surface area contributed by atoms with E-state index in [1.807, 2.05) is 20.8 Å². The van der Waals surface area contributed by atoms with Crippen LogP contribution in [-0.4, -0.2) is 35.2 Å². The average molecular weight is 214 g/mol. The van der Waals surface area contributed by atoms with Crippen molar-refractivity contribution in [3.05, 3.63) is 0 Å². The fourth-order valence-corrected chi connectivity index (χ4v) is 1.85. The maximum Gasteiger partial charge on any atom is 0.240 e. The average Bonchev–Trinajstić information content (AvgIpc) is 2.10. The molecule has 1 aliphatic rings. The first-order valence-corrected chi connectivity index (χ1v) is 5.64. The molecule has 0 aromatic heterocycles. The molecule has 15 heavy (non-hydrogen) atoms. The Morgan fingerprint density at radius 3 is 2.40 bits per heavy atom. The largest absolute Gasteiger partial charge is 0.394 e. The summed E-state index contributed by atoms with van der Waals surface area (Å²) in [7, 11) is 0. The normalized spacial score (nSPS) is 19.5. The molecule has 1 amide bonds. The Morgan fingerprint density at radius 2 is 2.07 bits per heavy atom. The quantitative estimate of drug-likeness (QED) is 0.621. The van der Waals surface area contributed by atoms with Gasteiger partial charge in [0.05, 0.1) is 17.7 Å². The molecule has 4 nitrogen and oxygen atoms in total. The van der Waals surface area contributed by atoms with Crippen molar-refractivity contribution in [3.8, 4) is 0 Å². The minimum Gasteiger partial charge on any atom is -0.394 e. The fraction of sp³-hybridized carbons (Fsp3) is 0.909. The van der Waals surface area contributed by atoms with Crippen molar-refractivity contribution >= 4 is 5.91 Å². The molecule has 3 N–H and O–H groups in total. The number of aliphatic hydroxyl groups excluding tert-OH is 1. The van der Waals surface area contributed by atoms with Gasteiger partial charge in [-0.2, -0.15) is 0 Å². The topological polar surface area (TPSA) is 61.4 Å². The van der Waals surface area contributed by atoms with Gasteiger partial charge < -0.3 is 15.7 Å². The fourth-order valence-electron chi connectivity index (χ4n) is 1.85. The van der Waals surface area contributed by atoms with Crippen LogP contribution in [0.4, 0.5) is 0 Å². The first-order valence-electron chi connectivity index (χ1n) is 5.64. The molecule has 0 atom stereocenters. The van der Waals surface area contributed by atoms with Crippen LogP contribution in [0.15, 0.2) is 0 Å². The Balaban J connectivity index is 2.54. The zero-order valence-corrected chi connectivity index (χ0v) is 9.89. The zero-order chi connectivity index (χ0) is 11.5. The van der Waals surface area contributed by atoms with E-state index >= 15 is 0 Å². The summed E-state index contributed by atoms with van der Waals surface area (Å²) in [5.74, 6) is -0.0295. The van der Waals surface area contributed by atoms with Gasteiger partial charge in [0.15, 0.2) is 0 Å². The number of carbonyl (C=O) groups excluding carboxylic acids is 1. The van der Waals surface area contributed by atoms with Crippen molar-refractivity contribution in [2.24, 2.45) is 0 Å². The number of carbonyl (C=O) groups is 1. The van der Waals surface area contributed by atoms with Crippen molar-refractivity contribution in [1.82, 2.24) is 10.6 Å². The van der Waals surface area contributed by atoms with Crippen LogP contribution in [-0.2, 0) is 4.79 Å². The lowest BCUT2D eigenvalue weighted by atomic mass is 9.77. The van der Waals surface area contributed by atoms with Crippen LogP contribution in [0.3, 0.4) is 0 Å². The van der Waals surface area contributed by atoms with Crippen LogP contribution >= 0.6 is 0 Å². The third-order valence-corrected chi connectivity index (χ3v) is 3.18. The van der Waals surface area contributed by atoms with Crippen molar-refractivity contribution < 1.29 is 9.90 Å². The molecule has 4 heteroatoms. The monoisotopic (exact) mass is 214 g/mol. The molecule has 0 aliphatic heterocycles. The van der Waals surface area contributed by atoms with Gasteiger partial charge in [0, 0.05) is 0 Å². The number of rotatable bonds is 5. The lowest BCUT2D eigenvalue weighted by molar-refractivity contribution is -0.130. The van der Waals surface area contributed by atoms with Crippen LogP contribution in [0.5, 0.6) is 0 Å². The highest BCUT2D eigenvalue weighted by atomic mass is 16.3. The number of nitrogens with one attached hydrogen (secondary N) is 2. The Hall–Kier alpha value is -0.610. The summed E-state index contributed by atoms with van der Waals surface area (Å²) in [6.45, 7) is 6.48. The smallest absolute Gasteiger partial charge is 0.240 e. The SMILES string of the molecule is CCNC(C)(C)C(=O)NC1(CO)CCC1. The molecule has 0 radical (unpaired) electrons. The van der Waals surface area contributed by atoms with E-state index in [1.54, 1.807) is 0 Å². The Labute approximate surface area is 91.4 Å². The van der Waals surface area contributed by atoms with Crippen LogP contribution < -0.4 is 10.6 Å². The predicted octanol–water partition coefficient (Wildman–Crippen LogP) is 0.406. The first-order chi connectivity index (χ1) is 6.96. The predicted molar refractivity (Wildman–Crippen MR) is 59.6 cm³/mol. The van der Waals surface area contributed by atoms with Gasteiger partial charge in [0.1, 0.15) is 0 Å². The van der Waals surface area contributed by atoms with Gasteiger partial charge in [-0.3, -0.25) is 4.79 Å². The van der Waals surface area contributed by atoms with Gasteiger partial charge in [-0.25, -0.2) is 0 Å². The van der Waals surface area contributed by atoms with Crippen molar-refractivity contribution in [3.63, 3.8) is 0 Å². The van der Waals surface area contributed by atoms with E-state index in [-0.39, 0.29) is 18.1 Å². The second kappa shape index (κ2) is 4.49. The Bertz CT molecular complexity index is 229. The molecular weight excluding hydrogens is 192 g/mol. The molecule has 1 saturated carbocycles. The Morgan fingerprint density at radius 1 is 1.47 bits per heavy atom. The minimum absolute atomic E-state index is 0.0295. The summed E-state index contributed by atoms with van der Waals surface area (Å²) >= 11 is 0. The lowest BCUT2D eigenvalue weighted by Crippen LogP contribution is -2.63. The maximum absolute atomic E-state index is 11.9. The summed E-state index contributed by atoms with van der Waals surface area (Å²) in [6.07, 6.45) is 2.86. The van der Waals surface area contributed by atoms with E-state index < -0.39 is 5.54 Å². The summed E-state index contributed by atoms with van der Waals surface area (Å²) in [5.41, 5.74) is -0.906. The van der Waals surface area contributed by atoms with Crippen molar-refractivity contribution in [1.29, 1.82) is 0 Å². The first kappa shape index (κ1) is 12.5. The molecule has 0 heterocycles. The molecule has 0 spiro atoms. The third-order valence-electron chi connectivity index (χ3n) is 3.18. The molecule has 1 aliphatic carbocycles. The van der Waals surface area contributed by atoms with E-state index in [4.69, 9.17) is 0 Å². The van der Waals surface area contributed by atoms with Gasteiger partial charge in [-0.05, 0) is 39.7 Å². The number of likely N-dealkylation sites (N-methyl/N-ethyl adjacent to an activating group) is 1. The molecule has 0 unspecified atom stereocenters. The minimum atomic E-state index is -0.563. The molecule has 0 bridgehead atoms. The molecular formula is C11H22N2O2. The standard InChI is InChI=1S/C11H22N2O2/c1-4-12-10(2,3)9(15)13-11(8-14)6-5-7-11/h12,14H,4-8H2,1-3H3,(H,13,15). The van der Waals surface area contributed by atoms with Gasteiger partial charge in [0.25, 0.3) is 0 Å². The number of hydrogen-bond acceptors (Lipinski definition) is 3. The van der Waals surface area contributed by atoms with E-state index in [9.17, 15) is 9.90 Å². The Kier molecular flexibility index (Phi) is 3.73. The van der Waals surface area contributed by atoms with E-state index in [0.29, 0.717) is 0 Å². The molecule has 1 fully saturated rings. The van der Waals surface area contributed by atoms with E-state index in [0.717, 1.165) is 25.8 Å². The number of aliphatic hydroxyl groups is 1. The van der Waals surface area contributed by atoms with Crippen molar-refractivity contribution in [2.75, 3.05) is 13.2 Å². The summed E-state index contributed by atoms with van der Waals surface area (Å²) in [6, 6.07) is 0. The molecule has 1 rings (SSSR count). The van der Waals surface area contributed by atoms with Crippen LogP contribution in [0.1, 0.15) is 40.0 Å². The summed E-state index contributed by atoms with van der Waals surface area (Å²) in [4.78, 5) is 11.9. The maximum atomic E-state index is 11.9. The lowest BCUT2D eigenvalue weighted by Gasteiger charge is -2.43. The van der Waals surface area contributed by atoms with E-state index in [1.165, 1.54) is 0 Å².